The van der Waals surface area contributed by atoms with Gasteiger partial charge in [-0.2, -0.15) is 0 Å². The number of hydrogen-bond acceptors (Lipinski definition) is 2. The van der Waals surface area contributed by atoms with E-state index in [0.717, 1.165) is 27.7 Å². The Labute approximate surface area is 99.4 Å². The molecule has 4 heteroatoms. The number of carboxylic acid groups (broad SMARTS) is 1. The van der Waals surface area contributed by atoms with E-state index in [1.807, 2.05) is 32.9 Å². The number of aliphatic carboxylic acids is 1. The lowest BCUT2D eigenvalue weighted by molar-refractivity contribution is -0.138. The topological polar surface area (TPSA) is 79.1 Å². The molecule has 0 aliphatic rings. The third-order valence-electron chi connectivity index (χ3n) is 3.05. The third kappa shape index (κ3) is 1.80. The molecule has 1 heterocycles. The maximum Gasteiger partial charge on any atom is 0.325 e. The minimum atomic E-state index is -1.01. The van der Waals surface area contributed by atoms with Gasteiger partial charge in [-0.3, -0.25) is 4.79 Å². The average Bonchev–Trinajstić information content (AvgIpc) is 2.53. The fourth-order valence-corrected chi connectivity index (χ4v) is 2.39. The maximum atomic E-state index is 11.0. The second-order valence-corrected chi connectivity index (χ2v) is 4.48. The van der Waals surface area contributed by atoms with Gasteiger partial charge in [-0.05, 0) is 38.0 Å². The average molecular weight is 232 g/mol. The summed E-state index contributed by atoms with van der Waals surface area (Å²) in [5.41, 5.74) is 10.4. The highest BCUT2D eigenvalue weighted by atomic mass is 16.4. The van der Waals surface area contributed by atoms with E-state index in [-0.39, 0.29) is 0 Å². The van der Waals surface area contributed by atoms with Gasteiger partial charge in [0.05, 0.1) is 0 Å². The molecule has 0 amide bonds. The summed E-state index contributed by atoms with van der Waals surface area (Å²) in [7, 11) is 0. The van der Waals surface area contributed by atoms with Crippen LogP contribution >= 0.6 is 0 Å². The van der Waals surface area contributed by atoms with Crippen molar-refractivity contribution >= 4 is 16.9 Å². The van der Waals surface area contributed by atoms with Crippen LogP contribution in [-0.2, 0) is 4.79 Å². The van der Waals surface area contributed by atoms with Crippen LogP contribution < -0.4 is 5.73 Å². The molecule has 4 nitrogen and oxygen atoms in total. The number of hydrogen-bond donors (Lipinski definition) is 3. The van der Waals surface area contributed by atoms with E-state index in [9.17, 15) is 4.79 Å². The summed E-state index contributed by atoms with van der Waals surface area (Å²) < 4.78 is 0. The fraction of sp³-hybridized carbons (Fsp3) is 0.308. The lowest BCUT2D eigenvalue weighted by Crippen LogP contribution is -2.21. The highest BCUT2D eigenvalue weighted by Crippen LogP contribution is 2.30. The van der Waals surface area contributed by atoms with Crippen LogP contribution in [0.4, 0.5) is 0 Å². The van der Waals surface area contributed by atoms with Crippen LogP contribution in [-0.4, -0.2) is 16.1 Å². The summed E-state index contributed by atoms with van der Waals surface area (Å²) in [5.74, 6) is -1.01. The second-order valence-electron chi connectivity index (χ2n) is 4.48. The zero-order chi connectivity index (χ0) is 12.7. The minimum Gasteiger partial charge on any atom is -0.480 e. The van der Waals surface area contributed by atoms with Crippen molar-refractivity contribution in [2.24, 2.45) is 5.73 Å². The van der Waals surface area contributed by atoms with Crippen LogP contribution in [0.2, 0.25) is 0 Å². The molecule has 17 heavy (non-hydrogen) atoms. The number of benzene rings is 1. The number of aromatic amines is 1. The zero-order valence-electron chi connectivity index (χ0n) is 10.2. The Morgan fingerprint density at radius 2 is 2.00 bits per heavy atom. The predicted octanol–water partition coefficient (Wildman–Crippen LogP) is 2.18. The van der Waals surface area contributed by atoms with E-state index in [1.54, 1.807) is 0 Å². The molecule has 0 bridgehead atoms. The predicted molar refractivity (Wildman–Crippen MR) is 67.1 cm³/mol. The van der Waals surface area contributed by atoms with Gasteiger partial charge in [0.15, 0.2) is 0 Å². The smallest absolute Gasteiger partial charge is 0.325 e. The number of nitrogens with two attached hydrogens (primary N) is 1. The van der Waals surface area contributed by atoms with Crippen LogP contribution in [0.1, 0.15) is 28.4 Å². The van der Waals surface area contributed by atoms with Gasteiger partial charge in [-0.15, -0.1) is 0 Å². The van der Waals surface area contributed by atoms with E-state index in [1.165, 1.54) is 0 Å². The lowest BCUT2D eigenvalue weighted by atomic mass is 9.99. The van der Waals surface area contributed by atoms with Gasteiger partial charge in [-0.1, -0.05) is 6.07 Å². The molecule has 0 saturated carbocycles. The Morgan fingerprint density at radius 1 is 1.35 bits per heavy atom. The molecule has 0 saturated heterocycles. The Morgan fingerprint density at radius 3 is 2.59 bits per heavy atom. The van der Waals surface area contributed by atoms with Gasteiger partial charge in [0.2, 0.25) is 0 Å². The molecule has 2 aromatic rings. The van der Waals surface area contributed by atoms with Crippen molar-refractivity contribution in [2.45, 2.75) is 26.8 Å². The number of rotatable bonds is 2. The van der Waals surface area contributed by atoms with Crippen LogP contribution in [0, 0.1) is 20.8 Å². The fourth-order valence-electron chi connectivity index (χ4n) is 2.39. The van der Waals surface area contributed by atoms with Gasteiger partial charge in [0.25, 0.3) is 0 Å². The highest BCUT2D eigenvalue weighted by Gasteiger charge is 2.22. The number of aryl methyl sites for hydroxylation is 3. The minimum absolute atomic E-state index is 0.685. The molecule has 0 aliphatic heterocycles. The van der Waals surface area contributed by atoms with Crippen molar-refractivity contribution in [1.82, 2.24) is 4.98 Å². The summed E-state index contributed by atoms with van der Waals surface area (Å²) in [5, 5.41) is 9.98. The molecule has 0 spiro atoms. The summed E-state index contributed by atoms with van der Waals surface area (Å²) in [6, 6.07) is 3.06. The molecule has 1 aromatic heterocycles. The van der Waals surface area contributed by atoms with Gasteiger partial charge < -0.3 is 15.8 Å². The van der Waals surface area contributed by atoms with Crippen molar-refractivity contribution in [1.29, 1.82) is 0 Å². The highest BCUT2D eigenvalue weighted by molar-refractivity contribution is 5.93. The van der Waals surface area contributed by atoms with Crippen molar-refractivity contribution in [3.05, 3.63) is 34.5 Å². The molecule has 0 fully saturated rings. The molecule has 1 unspecified atom stereocenters. The maximum absolute atomic E-state index is 11.0. The Balaban J connectivity index is 2.79. The van der Waals surface area contributed by atoms with E-state index in [0.29, 0.717) is 5.56 Å². The normalized spacial score (nSPS) is 12.9. The van der Waals surface area contributed by atoms with Crippen molar-refractivity contribution in [3.8, 4) is 0 Å². The molecular formula is C13H16N2O2. The summed E-state index contributed by atoms with van der Waals surface area (Å²) in [6.45, 7) is 5.84. The zero-order valence-corrected chi connectivity index (χ0v) is 10.2. The number of carboxylic acids is 1. The molecule has 2 rings (SSSR count). The number of fused-ring (bicyclic) bond motifs is 1. The van der Waals surface area contributed by atoms with E-state index in [4.69, 9.17) is 10.8 Å². The first-order valence-electron chi connectivity index (χ1n) is 5.49. The van der Waals surface area contributed by atoms with Crippen molar-refractivity contribution in [2.75, 3.05) is 0 Å². The molecule has 0 radical (unpaired) electrons. The first kappa shape index (κ1) is 11.7. The van der Waals surface area contributed by atoms with Crippen molar-refractivity contribution in [3.63, 3.8) is 0 Å². The van der Waals surface area contributed by atoms with Crippen LogP contribution in [0.3, 0.4) is 0 Å². The van der Waals surface area contributed by atoms with Crippen LogP contribution in [0.5, 0.6) is 0 Å². The monoisotopic (exact) mass is 232 g/mol. The van der Waals surface area contributed by atoms with Gasteiger partial charge in [0, 0.05) is 22.2 Å². The largest absolute Gasteiger partial charge is 0.480 e. The lowest BCUT2D eigenvalue weighted by Gasteiger charge is -2.08. The summed E-state index contributed by atoms with van der Waals surface area (Å²) in [6.07, 6.45) is 0. The van der Waals surface area contributed by atoms with Crippen molar-refractivity contribution < 1.29 is 9.90 Å². The van der Waals surface area contributed by atoms with Gasteiger partial charge in [-0.25, -0.2) is 0 Å². The van der Waals surface area contributed by atoms with E-state index in [2.05, 4.69) is 4.98 Å². The molecule has 0 aliphatic carbocycles. The first-order chi connectivity index (χ1) is 7.91. The van der Waals surface area contributed by atoms with E-state index >= 15 is 0 Å². The Kier molecular flexibility index (Phi) is 2.67. The summed E-state index contributed by atoms with van der Waals surface area (Å²) >= 11 is 0. The number of nitrogens with one attached hydrogen (secondary N) is 1. The van der Waals surface area contributed by atoms with Gasteiger partial charge >= 0.3 is 5.97 Å². The van der Waals surface area contributed by atoms with Gasteiger partial charge in [0.1, 0.15) is 6.04 Å². The van der Waals surface area contributed by atoms with Crippen LogP contribution in [0.15, 0.2) is 12.1 Å². The second kappa shape index (κ2) is 3.89. The molecular weight excluding hydrogens is 216 g/mol. The Hall–Kier alpha value is -1.81. The van der Waals surface area contributed by atoms with E-state index < -0.39 is 12.0 Å². The SMILES string of the molecule is Cc1cc(C)c2c(C(N)C(=O)O)c(C)[nH]c2c1. The first-order valence-corrected chi connectivity index (χ1v) is 5.49. The number of H-pyrrole nitrogens is 1. The Bertz CT molecular complexity index is 599. The molecule has 90 valence electrons. The third-order valence-corrected chi connectivity index (χ3v) is 3.05. The molecule has 4 N–H and O–H groups in total. The standard InChI is InChI=1S/C13H16N2O2/c1-6-4-7(2)10-9(5-6)15-8(3)11(10)12(14)13(16)17/h4-5,12,15H,14H2,1-3H3,(H,16,17). The summed E-state index contributed by atoms with van der Waals surface area (Å²) in [4.78, 5) is 14.2. The molecule has 1 atom stereocenters. The quantitative estimate of drug-likeness (QED) is 0.742. The number of aromatic nitrogens is 1. The molecule has 1 aromatic carbocycles. The number of carbonyl (C=O) groups is 1. The van der Waals surface area contributed by atoms with Crippen LogP contribution in [0.25, 0.3) is 10.9 Å².